The van der Waals surface area contributed by atoms with Crippen LogP contribution in [0, 0.1) is 10.1 Å². The Hall–Kier alpha value is -4.53. The van der Waals surface area contributed by atoms with Crippen molar-refractivity contribution >= 4 is 23.5 Å². The van der Waals surface area contributed by atoms with Gasteiger partial charge < -0.3 is 5.11 Å². The maximum absolute atomic E-state index is 12.7. The molecule has 0 unspecified atom stereocenters. The molecule has 1 heterocycles. The summed E-state index contributed by atoms with van der Waals surface area (Å²) in [6, 6.07) is 23.3. The zero-order valence-corrected chi connectivity index (χ0v) is 16.8. The maximum Gasteiger partial charge on any atom is 0.310 e. The number of nitrogens with one attached hydrogen (secondary N) is 2. The predicted octanol–water partition coefficient (Wildman–Crippen LogP) is 3.04. The lowest BCUT2D eigenvalue weighted by Crippen LogP contribution is -2.38. The first-order valence-electron chi connectivity index (χ1n) is 9.75. The Labute approximate surface area is 183 Å². The number of hydrogen-bond donors (Lipinski definition) is 3. The number of aromatic hydroxyl groups is 1. The number of nitro groups is 1. The van der Waals surface area contributed by atoms with Crippen LogP contribution in [0.25, 0.3) is 0 Å². The highest BCUT2D eigenvalue weighted by molar-refractivity contribution is 6.39. The number of benzene rings is 3. The fraction of sp³-hybridized carbons (Fsp3) is 0.0870. The van der Waals surface area contributed by atoms with Gasteiger partial charge in [0, 0.05) is 12.5 Å². The summed E-state index contributed by atoms with van der Waals surface area (Å²) in [5, 5.41) is 28.6. The Bertz CT molecular complexity index is 1170. The first kappa shape index (κ1) is 20.7. The molecule has 0 atom stereocenters. The molecule has 0 fully saturated rings. The summed E-state index contributed by atoms with van der Waals surface area (Å²) in [5.74, 6) is -0.959. The maximum atomic E-state index is 12.7. The molecule has 0 aromatic heterocycles. The van der Waals surface area contributed by atoms with Crippen LogP contribution in [0.3, 0.4) is 0 Å². The molecule has 0 aliphatic carbocycles. The van der Waals surface area contributed by atoms with Crippen molar-refractivity contribution in [1.29, 1.82) is 0 Å². The Balaban J connectivity index is 1.49. The van der Waals surface area contributed by atoms with Gasteiger partial charge in [0.2, 0.25) is 0 Å². The van der Waals surface area contributed by atoms with E-state index in [1.807, 2.05) is 60.7 Å². The SMILES string of the molecule is O=C(N/N=C/c1ccc([N+](=O)[O-])c(O)c1)C1=NNC(c2ccccc2)(c2ccccc2)C1. The number of carbonyl (C=O) groups is 1. The third-order valence-electron chi connectivity index (χ3n) is 5.19. The Kier molecular flexibility index (Phi) is 5.63. The molecule has 0 bridgehead atoms. The van der Waals surface area contributed by atoms with Crippen LogP contribution >= 0.6 is 0 Å². The topological polar surface area (TPSA) is 129 Å². The lowest BCUT2D eigenvalue weighted by Gasteiger charge is -2.30. The summed E-state index contributed by atoms with van der Waals surface area (Å²) in [6.45, 7) is 0. The number of rotatable bonds is 6. The number of nitrogens with zero attached hydrogens (tertiary/aromatic N) is 3. The smallest absolute Gasteiger partial charge is 0.310 e. The van der Waals surface area contributed by atoms with Gasteiger partial charge in [-0.15, -0.1) is 0 Å². The highest BCUT2D eigenvalue weighted by Gasteiger charge is 2.41. The molecule has 1 aliphatic heterocycles. The predicted molar refractivity (Wildman–Crippen MR) is 119 cm³/mol. The molecular weight excluding hydrogens is 410 g/mol. The van der Waals surface area contributed by atoms with Crippen molar-refractivity contribution in [2.75, 3.05) is 0 Å². The zero-order valence-electron chi connectivity index (χ0n) is 16.8. The molecule has 0 radical (unpaired) electrons. The van der Waals surface area contributed by atoms with E-state index in [0.717, 1.165) is 17.2 Å². The third kappa shape index (κ3) is 4.04. The molecule has 0 spiro atoms. The average Bonchev–Trinajstić information content (AvgIpc) is 3.27. The van der Waals surface area contributed by atoms with E-state index < -0.39 is 27.8 Å². The van der Waals surface area contributed by atoms with E-state index in [1.165, 1.54) is 18.3 Å². The van der Waals surface area contributed by atoms with E-state index in [9.17, 15) is 20.0 Å². The van der Waals surface area contributed by atoms with Gasteiger partial charge in [-0.05, 0) is 28.8 Å². The summed E-state index contributed by atoms with van der Waals surface area (Å²) in [5.41, 5.74) is 7.09. The number of nitro benzene ring substituents is 1. The second-order valence-corrected chi connectivity index (χ2v) is 7.19. The third-order valence-corrected chi connectivity index (χ3v) is 5.19. The minimum absolute atomic E-state index is 0.279. The summed E-state index contributed by atoms with van der Waals surface area (Å²) < 4.78 is 0. The fourth-order valence-corrected chi connectivity index (χ4v) is 3.57. The molecule has 1 amide bonds. The Morgan fingerprint density at radius 3 is 2.28 bits per heavy atom. The quantitative estimate of drug-likeness (QED) is 0.315. The highest BCUT2D eigenvalue weighted by Crippen LogP contribution is 2.36. The van der Waals surface area contributed by atoms with Gasteiger partial charge in [0.05, 0.1) is 11.1 Å². The second-order valence-electron chi connectivity index (χ2n) is 7.19. The van der Waals surface area contributed by atoms with Gasteiger partial charge >= 0.3 is 5.69 Å². The normalized spacial score (nSPS) is 14.6. The lowest BCUT2D eigenvalue weighted by molar-refractivity contribution is -0.385. The summed E-state index contributed by atoms with van der Waals surface area (Å²) >= 11 is 0. The number of phenolic OH excluding ortho intramolecular Hbond substituents is 1. The standard InChI is InChI=1S/C23H19N5O4/c29-21-13-16(11-12-20(21)28(31)32)15-24-26-22(30)19-14-23(27-25-19,17-7-3-1-4-8-17)18-9-5-2-6-10-18/h1-13,15,27,29H,14H2,(H,26,30)/b24-15+. The van der Waals surface area contributed by atoms with Crippen LogP contribution in [0.5, 0.6) is 5.75 Å². The molecule has 3 N–H and O–H groups in total. The lowest BCUT2D eigenvalue weighted by atomic mass is 9.80. The van der Waals surface area contributed by atoms with E-state index in [0.29, 0.717) is 12.0 Å². The van der Waals surface area contributed by atoms with Crippen molar-refractivity contribution < 1.29 is 14.8 Å². The van der Waals surface area contributed by atoms with E-state index in [2.05, 4.69) is 21.1 Å². The van der Waals surface area contributed by atoms with Crippen LogP contribution in [0.4, 0.5) is 5.69 Å². The van der Waals surface area contributed by atoms with E-state index in [-0.39, 0.29) is 5.71 Å². The Morgan fingerprint density at radius 1 is 1.09 bits per heavy atom. The first-order chi connectivity index (χ1) is 15.5. The van der Waals surface area contributed by atoms with Crippen molar-refractivity contribution in [3.63, 3.8) is 0 Å². The van der Waals surface area contributed by atoms with Crippen LogP contribution in [0.2, 0.25) is 0 Å². The van der Waals surface area contributed by atoms with Crippen LogP contribution in [0.15, 0.2) is 89.1 Å². The zero-order chi connectivity index (χ0) is 22.6. The number of carbonyl (C=O) groups excluding carboxylic acids is 1. The fourth-order valence-electron chi connectivity index (χ4n) is 3.57. The van der Waals surface area contributed by atoms with Crippen molar-refractivity contribution in [2.24, 2.45) is 10.2 Å². The minimum atomic E-state index is -0.686. The number of amides is 1. The van der Waals surface area contributed by atoms with Crippen LogP contribution in [-0.4, -0.2) is 27.9 Å². The molecule has 0 saturated carbocycles. The van der Waals surface area contributed by atoms with Crippen LogP contribution in [0.1, 0.15) is 23.1 Å². The van der Waals surface area contributed by atoms with Crippen molar-refractivity contribution in [1.82, 2.24) is 10.9 Å². The monoisotopic (exact) mass is 429 g/mol. The molecule has 32 heavy (non-hydrogen) atoms. The van der Waals surface area contributed by atoms with Crippen molar-refractivity contribution in [3.05, 3.63) is 106 Å². The largest absolute Gasteiger partial charge is 0.502 e. The second kappa shape index (κ2) is 8.68. The number of phenols is 1. The molecule has 0 saturated heterocycles. The minimum Gasteiger partial charge on any atom is -0.502 e. The summed E-state index contributed by atoms with van der Waals surface area (Å²) in [4.78, 5) is 22.8. The van der Waals surface area contributed by atoms with Gasteiger partial charge in [-0.3, -0.25) is 20.3 Å². The molecule has 1 aliphatic rings. The van der Waals surface area contributed by atoms with Gasteiger partial charge in [-0.1, -0.05) is 60.7 Å². The van der Waals surface area contributed by atoms with Crippen molar-refractivity contribution in [2.45, 2.75) is 12.0 Å². The highest BCUT2D eigenvalue weighted by atomic mass is 16.6. The Morgan fingerprint density at radius 2 is 1.72 bits per heavy atom. The van der Waals surface area contributed by atoms with Gasteiger partial charge in [0.15, 0.2) is 5.75 Å². The molecule has 4 rings (SSSR count). The molecular formula is C23H19N5O4. The molecule has 9 heteroatoms. The van der Waals surface area contributed by atoms with Gasteiger partial charge in [0.25, 0.3) is 5.91 Å². The van der Waals surface area contributed by atoms with Crippen molar-refractivity contribution in [3.8, 4) is 5.75 Å². The first-order valence-corrected chi connectivity index (χ1v) is 9.75. The summed E-state index contributed by atoms with van der Waals surface area (Å²) in [7, 11) is 0. The van der Waals surface area contributed by atoms with Gasteiger partial charge in [0.1, 0.15) is 11.3 Å². The molecule has 160 valence electrons. The number of hydrogen-bond acceptors (Lipinski definition) is 7. The van der Waals surface area contributed by atoms with E-state index >= 15 is 0 Å². The molecule has 9 nitrogen and oxygen atoms in total. The number of hydrazone groups is 2. The van der Waals surface area contributed by atoms with Crippen LogP contribution in [-0.2, 0) is 10.3 Å². The average molecular weight is 429 g/mol. The summed E-state index contributed by atoms with van der Waals surface area (Å²) in [6.07, 6.45) is 1.60. The van der Waals surface area contributed by atoms with Crippen LogP contribution < -0.4 is 10.9 Å². The van der Waals surface area contributed by atoms with Gasteiger partial charge in [-0.25, -0.2) is 5.43 Å². The molecule has 3 aromatic carbocycles. The van der Waals surface area contributed by atoms with E-state index in [1.54, 1.807) is 0 Å². The molecule has 3 aromatic rings. The van der Waals surface area contributed by atoms with E-state index in [4.69, 9.17) is 0 Å². The van der Waals surface area contributed by atoms with Gasteiger partial charge in [-0.2, -0.15) is 10.2 Å².